The van der Waals surface area contributed by atoms with Gasteiger partial charge in [-0.3, -0.25) is 58.2 Å². The lowest BCUT2D eigenvalue weighted by atomic mass is 9.80. The van der Waals surface area contributed by atoms with Crippen LogP contribution in [0.2, 0.25) is 0 Å². The number of nitrogens with one attached hydrogen (secondary N) is 2. The fourth-order valence-electron chi connectivity index (χ4n) is 22.5. The summed E-state index contributed by atoms with van der Waals surface area (Å²) in [6.45, 7) is 32.5. The summed E-state index contributed by atoms with van der Waals surface area (Å²) in [6, 6.07) is 42.7. The summed E-state index contributed by atoms with van der Waals surface area (Å²) in [5, 5.41) is 12.7. The molecule has 12 aliphatic rings. The highest BCUT2D eigenvalue weighted by Crippen LogP contribution is 2.60. The molecule has 8 saturated heterocycles. The van der Waals surface area contributed by atoms with Crippen LogP contribution in [0.3, 0.4) is 0 Å². The molecule has 2 aromatic heterocycles. The van der Waals surface area contributed by atoms with E-state index in [-0.39, 0.29) is 117 Å². The lowest BCUT2D eigenvalue weighted by molar-refractivity contribution is -0.126. The molecule has 2 aliphatic carbocycles. The van der Waals surface area contributed by atoms with Gasteiger partial charge in [-0.25, -0.2) is 0 Å². The van der Waals surface area contributed by atoms with Crippen molar-refractivity contribution in [3.8, 4) is 46.0 Å². The minimum absolute atomic E-state index is 0.0377. The minimum Gasteiger partial charge on any atom is -0.457 e. The van der Waals surface area contributed by atoms with E-state index in [4.69, 9.17) is 56.8 Å². The highest BCUT2D eigenvalue weighted by Gasteiger charge is 2.50. The van der Waals surface area contributed by atoms with Crippen LogP contribution in [-0.4, -0.2) is 257 Å². The van der Waals surface area contributed by atoms with Crippen LogP contribution in [0.15, 0.2) is 156 Å². The van der Waals surface area contributed by atoms with Crippen LogP contribution in [0.5, 0.6) is 46.0 Å². The molecule has 0 spiro atoms. The third-order valence-electron chi connectivity index (χ3n) is 30.3. The molecule has 140 heavy (non-hydrogen) atoms. The minimum atomic E-state index is -1.44. The normalized spacial score (nSPS) is 22.7. The van der Waals surface area contributed by atoms with E-state index in [1.54, 1.807) is 36.4 Å². The largest absolute Gasteiger partial charge is 0.457 e. The van der Waals surface area contributed by atoms with Crippen molar-refractivity contribution in [3.63, 3.8) is 0 Å². The smallest absolute Gasteiger partial charge is 0.262 e. The Morgan fingerprint density at radius 3 is 0.750 bits per heavy atom. The third kappa shape index (κ3) is 20.0. The van der Waals surface area contributed by atoms with Crippen LogP contribution in [0.1, 0.15) is 205 Å². The first-order valence-corrected chi connectivity index (χ1v) is 52.2. The number of amides is 6. The zero-order chi connectivity index (χ0) is 95.8. The fraction of sp³-hybridized carbons (Fsp3) is 0.482. The number of imide groups is 2. The van der Waals surface area contributed by atoms with Gasteiger partial charge in [-0.05, 0) is 144 Å². The highest BCUT2D eigenvalue weighted by atomic mass is 32.1. The number of carbonyl (C=O) groups is 6. The van der Waals surface area contributed by atoms with Crippen molar-refractivity contribution in [2.24, 2.45) is 0 Å². The second-order valence-corrected chi connectivity index (χ2v) is 45.6. The Kier molecular flexibility index (Phi) is 25.1. The second kappa shape index (κ2) is 37.7. The topological polar surface area (TPSA) is 283 Å². The predicted octanol–water partition coefficient (Wildman–Crippen LogP) is 18.1. The van der Waals surface area contributed by atoms with E-state index in [9.17, 15) is 0 Å². The standard InChI is InChI=1S/C112H124N8O18S2/c1-109(2,61-115(45-75-53-127-75)46-76-54-128-76)65-23-31-71(32-24-65)135-87-41-83-93-84(106(124)119(105(83)123)101(91-21-15-39-139-91)103(121)113-69-17-11-9-12-18-69)43-89(137-73-35-27-67(28-36-73)111(5,6)63-117(49-79-57-131-79)50-80-58-132-80)97-98-90(138-74-37-29-68(30-38-74)112(7,8)64-118(51-81-59-133-81)52-82-60-134-82)44-86-94-85(107(125)120(108(86)126)102(92-22-16-40-140-92)104(122)114-70-19-13-10-14-20-70)42-88(96(100(94)98)95(87)99(93)97)136-72-33-25-66(26-34-72)110(3,4)62-116(47-77-55-129-77)48-78-56-130-78/h15-16,21-44,69-70,75-82,101-102H,9-14,17-20,45-64H2,1-8H3,(H,113,121)(H,114,122). The van der Waals surface area contributed by atoms with Gasteiger partial charge in [0, 0.05) is 165 Å². The van der Waals surface area contributed by atoms with Crippen molar-refractivity contribution in [2.45, 2.75) is 214 Å². The molecule has 11 aromatic rings. The molecule has 28 heteroatoms. The molecule has 0 bridgehead atoms. The fourth-order valence-corrected chi connectivity index (χ4v) is 24.2. The number of carbonyl (C=O) groups excluding carboxylic acids is 6. The zero-order valence-corrected chi connectivity index (χ0v) is 82.6. The summed E-state index contributed by atoms with van der Waals surface area (Å²) < 4.78 is 77.5. The van der Waals surface area contributed by atoms with Crippen molar-refractivity contribution in [1.82, 2.24) is 40.0 Å². The number of hydrogen-bond donors (Lipinski definition) is 2. The SMILES string of the molecule is CC(C)(CN(CC1CO1)CC1CO1)c1ccc(Oc2cc3c4c(cc(Oc5ccc(C(C)(C)CN(CC6CO6)CC6CO6)cc5)c5c6c(Oc7ccc(C(C)(C)CN(CC8CO8)CC8CO8)cc7)cc7c8c(cc(Oc9ccc(C(C)(C)CN(CC%10CO%10)CC%10CO%10)cc9)c(c2c45)c86)C(=O)N(C(C(=O)NC2CCCCC2)c2cccs2)C7=O)C(=O)N(C(C(=O)NC2CCCCC2)c2cccs2)C3=O)cc1. The molecule has 26 nitrogen and oxygen atoms in total. The van der Waals surface area contributed by atoms with E-state index in [1.165, 1.54) is 22.7 Å². The number of benzene rings is 9. The van der Waals surface area contributed by atoms with Crippen molar-refractivity contribution in [3.05, 3.63) is 211 Å². The van der Waals surface area contributed by atoms with Crippen molar-refractivity contribution < 1.29 is 85.6 Å². The number of nitrogens with zero attached hydrogens (tertiary/aromatic N) is 6. The molecule has 9 aromatic carbocycles. The van der Waals surface area contributed by atoms with Gasteiger partial charge in [-0.15, -0.1) is 22.7 Å². The summed E-state index contributed by atoms with van der Waals surface area (Å²) in [4.78, 5) is 114. The first-order valence-electron chi connectivity index (χ1n) is 50.5. The van der Waals surface area contributed by atoms with Crippen LogP contribution in [0.25, 0.3) is 43.1 Å². The zero-order valence-electron chi connectivity index (χ0n) is 81.0. The first kappa shape index (κ1) is 93.3. The maximum Gasteiger partial charge on any atom is 0.262 e. The van der Waals surface area contributed by atoms with Gasteiger partial charge in [0.15, 0.2) is 12.1 Å². The number of thiophene rings is 2. The molecule has 0 radical (unpaired) electrons. The Morgan fingerprint density at radius 2 is 0.550 bits per heavy atom. The molecule has 2 N–H and O–H groups in total. The summed E-state index contributed by atoms with van der Waals surface area (Å²) in [5.74, 6) is -2.10. The molecule has 10 aliphatic heterocycles. The molecule has 10 atom stereocenters. The lowest BCUT2D eigenvalue weighted by Gasteiger charge is -2.36. The highest BCUT2D eigenvalue weighted by molar-refractivity contribution is 7.10. The van der Waals surface area contributed by atoms with Gasteiger partial charge in [0.05, 0.1) is 124 Å². The number of hydrogen-bond acceptors (Lipinski definition) is 24. The Bertz CT molecular complexity index is 5750. The molecule has 23 rings (SSSR count). The van der Waals surface area contributed by atoms with E-state index in [0.717, 1.165) is 149 Å². The lowest BCUT2D eigenvalue weighted by Crippen LogP contribution is -2.50. The van der Waals surface area contributed by atoms with Gasteiger partial charge >= 0.3 is 0 Å². The van der Waals surface area contributed by atoms with Gasteiger partial charge in [0.1, 0.15) is 46.0 Å². The van der Waals surface area contributed by atoms with Crippen molar-refractivity contribution in [2.75, 3.05) is 131 Å². The monoisotopic (exact) mass is 1930 g/mol. The number of epoxide rings is 8. The summed E-state index contributed by atoms with van der Waals surface area (Å²) >= 11 is 2.57. The van der Waals surface area contributed by atoms with Crippen LogP contribution < -0.4 is 29.6 Å². The van der Waals surface area contributed by atoms with E-state index in [1.807, 2.05) is 71.4 Å². The molecule has 2 saturated carbocycles. The Morgan fingerprint density at radius 1 is 0.329 bits per heavy atom. The van der Waals surface area contributed by atoms with Gasteiger partial charge in [0.25, 0.3) is 23.6 Å². The molecular weight excluding hydrogens is 1810 g/mol. The molecule has 12 heterocycles. The van der Waals surface area contributed by atoms with E-state index < -0.39 is 69.2 Å². The van der Waals surface area contributed by atoms with E-state index in [0.29, 0.717) is 144 Å². The first-order chi connectivity index (χ1) is 67.7. The van der Waals surface area contributed by atoms with Crippen molar-refractivity contribution in [1.29, 1.82) is 0 Å². The van der Waals surface area contributed by atoms with Gasteiger partial charge < -0.3 is 67.5 Å². The van der Waals surface area contributed by atoms with Crippen LogP contribution in [0.4, 0.5) is 0 Å². The van der Waals surface area contributed by atoms with Gasteiger partial charge in [0.2, 0.25) is 11.8 Å². The summed E-state index contributed by atoms with van der Waals surface area (Å²) in [7, 11) is 0. The third-order valence-corrected chi connectivity index (χ3v) is 32.2. The predicted molar refractivity (Wildman–Crippen MR) is 535 cm³/mol. The number of ether oxygens (including phenoxy) is 12. The molecule has 732 valence electrons. The van der Waals surface area contributed by atoms with Crippen LogP contribution >= 0.6 is 22.7 Å². The summed E-state index contributed by atoms with van der Waals surface area (Å²) in [5.41, 5.74) is 2.60. The quantitative estimate of drug-likeness (QED) is 0.0155. The second-order valence-electron chi connectivity index (χ2n) is 43.6. The maximum absolute atomic E-state index is 17.3. The van der Waals surface area contributed by atoms with E-state index in [2.05, 4.69) is 134 Å². The molecule has 6 amide bonds. The Balaban J connectivity index is 0.775. The summed E-state index contributed by atoms with van der Waals surface area (Å²) in [6.07, 6.45) is 9.87. The maximum atomic E-state index is 17.3. The van der Waals surface area contributed by atoms with Crippen molar-refractivity contribution >= 4 is 101 Å². The van der Waals surface area contributed by atoms with Gasteiger partial charge in [-0.1, -0.05) is 155 Å². The Hall–Kier alpha value is -10.4. The number of fused-ring (bicyclic) bond motifs is 2. The van der Waals surface area contributed by atoms with Gasteiger partial charge in [-0.2, -0.15) is 0 Å². The van der Waals surface area contributed by atoms with E-state index >= 15 is 28.8 Å². The average molecular weight is 1930 g/mol. The molecule has 10 fully saturated rings. The Labute approximate surface area is 824 Å². The number of rotatable bonds is 44. The average Bonchev–Trinajstić information content (AvgIpc) is 0.766. The molecule has 10 unspecified atom stereocenters. The van der Waals surface area contributed by atoms with Crippen LogP contribution in [-0.2, 0) is 69.1 Å². The molecular formula is C112H124N8O18S2. The van der Waals surface area contributed by atoms with Crippen LogP contribution in [0, 0.1) is 0 Å².